The minimum atomic E-state index is -0.0369. The van der Waals surface area contributed by atoms with Crippen molar-refractivity contribution in [2.45, 2.75) is 19.3 Å². The van der Waals surface area contributed by atoms with E-state index in [-0.39, 0.29) is 5.41 Å². The fourth-order valence-electron chi connectivity index (χ4n) is 6.65. The summed E-state index contributed by atoms with van der Waals surface area (Å²) >= 11 is 0. The average molecular weight is 487 g/mol. The van der Waals surface area contributed by atoms with Crippen LogP contribution in [0.15, 0.2) is 126 Å². The fourth-order valence-corrected chi connectivity index (χ4v) is 6.65. The number of hydrogen-bond donors (Lipinski definition) is 0. The number of benzene rings is 6. The van der Waals surface area contributed by atoms with Crippen LogP contribution in [0.4, 0.5) is 0 Å². The summed E-state index contributed by atoms with van der Waals surface area (Å²) in [5, 5.41) is 4.93. The third-order valence-corrected chi connectivity index (χ3v) is 8.50. The van der Waals surface area contributed by atoms with E-state index in [2.05, 4.69) is 135 Å². The van der Waals surface area contributed by atoms with Gasteiger partial charge in [-0.1, -0.05) is 117 Å². The van der Waals surface area contributed by atoms with Crippen LogP contribution < -0.4 is 0 Å². The Labute approximate surface area is 222 Å². The molecule has 8 rings (SSSR count). The van der Waals surface area contributed by atoms with E-state index in [0.29, 0.717) is 0 Å². The van der Waals surface area contributed by atoms with Crippen LogP contribution in [0.25, 0.3) is 66.1 Å². The Bertz CT molecular complexity index is 2040. The zero-order valence-electron chi connectivity index (χ0n) is 21.5. The van der Waals surface area contributed by atoms with Gasteiger partial charge < -0.3 is 4.42 Å². The summed E-state index contributed by atoms with van der Waals surface area (Å²) in [6, 6.07) is 43.9. The fraction of sp³-hybridized carbons (Fsp3) is 0.0811. The summed E-state index contributed by atoms with van der Waals surface area (Å²) in [4.78, 5) is 0. The molecule has 38 heavy (non-hydrogen) atoms. The molecule has 1 aliphatic carbocycles. The molecule has 0 saturated heterocycles. The van der Waals surface area contributed by atoms with Gasteiger partial charge >= 0.3 is 0 Å². The van der Waals surface area contributed by atoms with Crippen molar-refractivity contribution in [1.29, 1.82) is 0 Å². The van der Waals surface area contributed by atoms with Crippen LogP contribution in [0.1, 0.15) is 25.0 Å². The molecule has 0 aliphatic heterocycles. The first-order valence-corrected chi connectivity index (χ1v) is 13.3. The monoisotopic (exact) mass is 486 g/mol. The topological polar surface area (TPSA) is 13.1 Å². The molecule has 0 spiro atoms. The largest absolute Gasteiger partial charge is 0.456 e. The van der Waals surface area contributed by atoms with Gasteiger partial charge in [0.15, 0.2) is 0 Å². The van der Waals surface area contributed by atoms with Gasteiger partial charge in [0.05, 0.1) is 0 Å². The lowest BCUT2D eigenvalue weighted by atomic mass is 9.82. The van der Waals surface area contributed by atoms with Crippen molar-refractivity contribution in [1.82, 2.24) is 0 Å². The Morgan fingerprint density at radius 2 is 1.13 bits per heavy atom. The number of rotatable bonds is 2. The SMILES string of the molecule is CC1(C)c2ccccc2-c2c1ccc1oc3ccc(-c4ccc(-c5ccccc5)c5ccccc45)cc3c21. The van der Waals surface area contributed by atoms with Crippen LogP contribution in [0.5, 0.6) is 0 Å². The Balaban J connectivity index is 1.40. The van der Waals surface area contributed by atoms with Crippen LogP contribution in [0.3, 0.4) is 0 Å². The lowest BCUT2D eigenvalue weighted by Crippen LogP contribution is -2.14. The summed E-state index contributed by atoms with van der Waals surface area (Å²) in [5.41, 5.74) is 12.2. The number of hydrogen-bond acceptors (Lipinski definition) is 1. The first-order chi connectivity index (χ1) is 18.6. The predicted molar refractivity (Wildman–Crippen MR) is 160 cm³/mol. The van der Waals surface area contributed by atoms with Crippen molar-refractivity contribution in [2.75, 3.05) is 0 Å². The van der Waals surface area contributed by atoms with Gasteiger partial charge in [-0.3, -0.25) is 0 Å². The molecular formula is C37H26O. The molecule has 1 heteroatoms. The maximum Gasteiger partial charge on any atom is 0.136 e. The molecule has 0 fully saturated rings. The Morgan fingerprint density at radius 3 is 1.92 bits per heavy atom. The maximum absolute atomic E-state index is 6.42. The Morgan fingerprint density at radius 1 is 0.474 bits per heavy atom. The molecule has 1 aliphatic rings. The van der Waals surface area contributed by atoms with E-state index in [0.717, 1.165) is 11.2 Å². The van der Waals surface area contributed by atoms with E-state index >= 15 is 0 Å². The average Bonchev–Trinajstić information content (AvgIpc) is 3.45. The van der Waals surface area contributed by atoms with E-state index in [4.69, 9.17) is 4.42 Å². The van der Waals surface area contributed by atoms with Crippen molar-refractivity contribution in [2.24, 2.45) is 0 Å². The standard InChI is InChI=1S/C37H26O/c1-37(2)31-15-9-8-14-29(31)35-32(37)19-21-34-36(35)30-22-24(16-20-33(30)38-34)26-18-17-25(23-10-4-3-5-11-23)27-12-6-7-13-28(26)27/h3-22H,1-2H3. The third-order valence-electron chi connectivity index (χ3n) is 8.50. The highest BCUT2D eigenvalue weighted by Crippen LogP contribution is 2.53. The lowest BCUT2D eigenvalue weighted by Gasteiger charge is -2.21. The molecule has 1 nitrogen and oxygen atoms in total. The predicted octanol–water partition coefficient (Wildman–Crippen LogP) is 10.4. The maximum atomic E-state index is 6.42. The number of furan rings is 1. The second-order valence-corrected chi connectivity index (χ2v) is 10.9. The highest BCUT2D eigenvalue weighted by atomic mass is 16.3. The third kappa shape index (κ3) is 2.87. The summed E-state index contributed by atoms with van der Waals surface area (Å²) in [6.45, 7) is 4.66. The van der Waals surface area contributed by atoms with Gasteiger partial charge in [-0.2, -0.15) is 0 Å². The molecule has 6 aromatic carbocycles. The number of fused-ring (bicyclic) bond motifs is 8. The van der Waals surface area contributed by atoms with Crippen LogP contribution in [-0.4, -0.2) is 0 Å². The van der Waals surface area contributed by atoms with E-state index in [1.807, 2.05) is 0 Å². The summed E-state index contributed by atoms with van der Waals surface area (Å²) in [7, 11) is 0. The molecular weight excluding hydrogens is 460 g/mol. The van der Waals surface area contributed by atoms with Crippen molar-refractivity contribution in [3.05, 3.63) is 132 Å². The molecule has 0 radical (unpaired) electrons. The van der Waals surface area contributed by atoms with E-state index in [1.165, 1.54) is 66.1 Å². The van der Waals surface area contributed by atoms with Gasteiger partial charge in [-0.25, -0.2) is 0 Å². The van der Waals surface area contributed by atoms with Crippen LogP contribution in [0, 0.1) is 0 Å². The molecule has 0 bridgehead atoms. The minimum absolute atomic E-state index is 0.0369. The molecule has 1 aromatic heterocycles. The summed E-state index contributed by atoms with van der Waals surface area (Å²) < 4.78 is 6.42. The molecule has 0 saturated carbocycles. The molecule has 180 valence electrons. The summed E-state index contributed by atoms with van der Waals surface area (Å²) in [6.07, 6.45) is 0. The summed E-state index contributed by atoms with van der Waals surface area (Å²) in [5.74, 6) is 0. The highest BCUT2D eigenvalue weighted by Gasteiger charge is 2.37. The zero-order chi connectivity index (χ0) is 25.4. The molecule has 0 amide bonds. The van der Waals surface area contributed by atoms with Gasteiger partial charge in [0, 0.05) is 16.2 Å². The Kier molecular flexibility index (Phi) is 4.35. The molecule has 0 atom stereocenters. The molecule has 0 unspecified atom stereocenters. The van der Waals surface area contributed by atoms with E-state index < -0.39 is 0 Å². The van der Waals surface area contributed by atoms with Crippen molar-refractivity contribution in [3.8, 4) is 33.4 Å². The van der Waals surface area contributed by atoms with Crippen LogP contribution >= 0.6 is 0 Å². The van der Waals surface area contributed by atoms with Crippen LogP contribution in [0.2, 0.25) is 0 Å². The second-order valence-electron chi connectivity index (χ2n) is 10.9. The van der Waals surface area contributed by atoms with Gasteiger partial charge in [-0.15, -0.1) is 0 Å². The van der Waals surface area contributed by atoms with Gasteiger partial charge in [0.25, 0.3) is 0 Å². The van der Waals surface area contributed by atoms with Gasteiger partial charge in [0.2, 0.25) is 0 Å². The van der Waals surface area contributed by atoms with Crippen molar-refractivity contribution in [3.63, 3.8) is 0 Å². The minimum Gasteiger partial charge on any atom is -0.456 e. The van der Waals surface area contributed by atoms with Gasteiger partial charge in [-0.05, 0) is 73.5 Å². The van der Waals surface area contributed by atoms with Gasteiger partial charge in [0.1, 0.15) is 11.2 Å². The lowest BCUT2D eigenvalue weighted by molar-refractivity contribution is 0.656. The quantitative estimate of drug-likeness (QED) is 0.237. The first-order valence-electron chi connectivity index (χ1n) is 13.3. The normalized spacial score (nSPS) is 13.7. The molecule has 0 N–H and O–H groups in total. The van der Waals surface area contributed by atoms with Crippen molar-refractivity contribution >= 4 is 32.7 Å². The van der Waals surface area contributed by atoms with Crippen molar-refractivity contribution < 1.29 is 4.42 Å². The van der Waals surface area contributed by atoms with E-state index in [1.54, 1.807) is 0 Å². The second kappa shape index (κ2) is 7.69. The molecule has 7 aromatic rings. The zero-order valence-corrected chi connectivity index (χ0v) is 21.5. The van der Waals surface area contributed by atoms with Crippen LogP contribution in [-0.2, 0) is 5.41 Å². The molecule has 1 heterocycles. The van der Waals surface area contributed by atoms with E-state index in [9.17, 15) is 0 Å². The highest BCUT2D eigenvalue weighted by molar-refractivity contribution is 6.16. The smallest absolute Gasteiger partial charge is 0.136 e. The first kappa shape index (κ1) is 21.5. The Hall–Kier alpha value is -4.62.